The molecule has 2 aromatic carbocycles. The Kier molecular flexibility index (Phi) is 6.02. The molecule has 0 saturated carbocycles. The minimum Gasteiger partial charge on any atom is -0.494 e. The van der Waals surface area contributed by atoms with E-state index in [0.29, 0.717) is 11.3 Å². The average Bonchev–Trinajstić information content (AvgIpc) is 3.44. The van der Waals surface area contributed by atoms with Gasteiger partial charge in [0.15, 0.2) is 11.6 Å². The maximum atomic E-state index is 14.0. The van der Waals surface area contributed by atoms with Crippen molar-refractivity contribution in [1.29, 1.82) is 0 Å². The molecule has 7 nitrogen and oxygen atoms in total. The van der Waals surface area contributed by atoms with Crippen molar-refractivity contribution in [2.24, 2.45) is 0 Å². The van der Waals surface area contributed by atoms with Crippen LogP contribution in [-0.2, 0) is 17.8 Å². The molecule has 0 fully saturated rings. The second-order valence-corrected chi connectivity index (χ2v) is 7.30. The fourth-order valence-electron chi connectivity index (χ4n) is 3.53. The van der Waals surface area contributed by atoms with Crippen molar-refractivity contribution < 1.29 is 18.4 Å². The van der Waals surface area contributed by atoms with Gasteiger partial charge in [0.25, 0.3) is 5.89 Å². The standard InChI is InChI=1S/C24H23FN4O3/c1-4-16-8-5-7-15(2)22(16)26-21(30)14-29-12-6-9-19(29)24-27-23(28-32-24)17-10-11-20(31-3)18(25)13-17/h5-13H,4,14H2,1-3H3,(H,26,30). The Labute approximate surface area is 184 Å². The number of rotatable bonds is 7. The number of benzene rings is 2. The maximum absolute atomic E-state index is 14.0. The number of hydrogen-bond donors (Lipinski definition) is 1. The van der Waals surface area contributed by atoms with Gasteiger partial charge in [-0.05, 0) is 54.8 Å². The van der Waals surface area contributed by atoms with Crippen LogP contribution in [0, 0.1) is 12.7 Å². The number of carbonyl (C=O) groups is 1. The first kappa shape index (κ1) is 21.3. The van der Waals surface area contributed by atoms with E-state index in [9.17, 15) is 9.18 Å². The van der Waals surface area contributed by atoms with E-state index >= 15 is 0 Å². The Morgan fingerprint density at radius 1 is 1.22 bits per heavy atom. The Morgan fingerprint density at radius 2 is 2.06 bits per heavy atom. The van der Waals surface area contributed by atoms with Crippen LogP contribution in [0.15, 0.2) is 59.3 Å². The lowest BCUT2D eigenvalue weighted by molar-refractivity contribution is -0.116. The Morgan fingerprint density at radius 3 is 2.81 bits per heavy atom. The number of aromatic nitrogens is 3. The highest BCUT2D eigenvalue weighted by molar-refractivity contribution is 5.92. The highest BCUT2D eigenvalue weighted by atomic mass is 19.1. The third-order valence-corrected chi connectivity index (χ3v) is 5.20. The van der Waals surface area contributed by atoms with Crippen LogP contribution in [0.25, 0.3) is 23.0 Å². The van der Waals surface area contributed by atoms with Crippen molar-refractivity contribution in [3.63, 3.8) is 0 Å². The molecule has 0 saturated heterocycles. The highest BCUT2D eigenvalue weighted by Crippen LogP contribution is 2.27. The lowest BCUT2D eigenvalue weighted by Gasteiger charge is -2.14. The fourth-order valence-corrected chi connectivity index (χ4v) is 3.53. The number of methoxy groups -OCH3 is 1. The normalized spacial score (nSPS) is 10.9. The van der Waals surface area contributed by atoms with E-state index < -0.39 is 5.82 Å². The molecule has 0 radical (unpaired) electrons. The predicted molar refractivity (Wildman–Crippen MR) is 119 cm³/mol. The number of carbonyl (C=O) groups excluding carboxylic acids is 1. The predicted octanol–water partition coefficient (Wildman–Crippen LogP) is 4.86. The zero-order valence-corrected chi connectivity index (χ0v) is 18.1. The molecule has 1 N–H and O–H groups in total. The van der Waals surface area contributed by atoms with Gasteiger partial charge in [-0.2, -0.15) is 4.98 Å². The smallest absolute Gasteiger partial charge is 0.274 e. The molecule has 0 aliphatic carbocycles. The summed E-state index contributed by atoms with van der Waals surface area (Å²) < 4.78 is 26.1. The number of nitrogens with zero attached hydrogens (tertiary/aromatic N) is 3. The van der Waals surface area contributed by atoms with Crippen LogP contribution in [0.2, 0.25) is 0 Å². The monoisotopic (exact) mass is 434 g/mol. The number of para-hydroxylation sites is 1. The van der Waals surface area contributed by atoms with E-state index in [4.69, 9.17) is 9.26 Å². The van der Waals surface area contributed by atoms with Crippen LogP contribution < -0.4 is 10.1 Å². The number of ether oxygens (including phenoxy) is 1. The largest absolute Gasteiger partial charge is 0.494 e. The topological polar surface area (TPSA) is 82.2 Å². The fraction of sp³-hybridized carbons (Fsp3) is 0.208. The van der Waals surface area contributed by atoms with Gasteiger partial charge in [-0.15, -0.1) is 0 Å². The molecule has 4 aromatic rings. The molecule has 0 aliphatic heterocycles. The molecular weight excluding hydrogens is 411 g/mol. The Balaban J connectivity index is 1.54. The minimum absolute atomic E-state index is 0.0781. The summed E-state index contributed by atoms with van der Waals surface area (Å²) in [5.41, 5.74) is 3.99. The summed E-state index contributed by atoms with van der Waals surface area (Å²) in [6.45, 7) is 4.10. The second kappa shape index (κ2) is 9.05. The van der Waals surface area contributed by atoms with Crippen LogP contribution in [0.4, 0.5) is 10.1 Å². The molecule has 164 valence electrons. The molecule has 2 heterocycles. The number of hydrogen-bond acceptors (Lipinski definition) is 5. The van der Waals surface area contributed by atoms with Gasteiger partial charge < -0.3 is 19.1 Å². The molecule has 0 atom stereocenters. The summed E-state index contributed by atoms with van der Waals surface area (Å²) in [5.74, 6) is -0.0647. The van der Waals surface area contributed by atoms with Crippen molar-refractivity contribution in [1.82, 2.24) is 14.7 Å². The molecule has 2 aromatic heterocycles. The van der Waals surface area contributed by atoms with E-state index in [0.717, 1.165) is 23.2 Å². The van der Waals surface area contributed by atoms with Gasteiger partial charge in [-0.3, -0.25) is 4.79 Å². The van der Waals surface area contributed by atoms with Crippen molar-refractivity contribution in [3.05, 3.63) is 71.7 Å². The minimum atomic E-state index is -0.515. The molecule has 8 heteroatoms. The van der Waals surface area contributed by atoms with Gasteiger partial charge in [0.1, 0.15) is 12.2 Å². The number of nitrogens with one attached hydrogen (secondary N) is 1. The van der Waals surface area contributed by atoms with Crippen LogP contribution in [0.3, 0.4) is 0 Å². The maximum Gasteiger partial charge on any atom is 0.274 e. The van der Waals surface area contributed by atoms with E-state index in [-0.39, 0.29) is 29.9 Å². The number of amides is 1. The van der Waals surface area contributed by atoms with Crippen LogP contribution in [0.1, 0.15) is 18.1 Å². The summed E-state index contributed by atoms with van der Waals surface area (Å²) in [7, 11) is 1.40. The SMILES string of the molecule is CCc1cccc(C)c1NC(=O)Cn1cccc1-c1nc(-c2ccc(OC)c(F)c2)no1. The summed E-state index contributed by atoms with van der Waals surface area (Å²) in [5, 5.41) is 6.97. The van der Waals surface area contributed by atoms with Gasteiger partial charge >= 0.3 is 0 Å². The van der Waals surface area contributed by atoms with Crippen molar-refractivity contribution >= 4 is 11.6 Å². The third kappa shape index (κ3) is 4.25. The second-order valence-electron chi connectivity index (χ2n) is 7.30. The van der Waals surface area contributed by atoms with Crippen LogP contribution in [0.5, 0.6) is 5.75 Å². The molecule has 32 heavy (non-hydrogen) atoms. The van der Waals surface area contributed by atoms with Crippen LogP contribution in [-0.4, -0.2) is 27.7 Å². The molecule has 0 aliphatic rings. The summed E-state index contributed by atoms with van der Waals surface area (Å²) in [6.07, 6.45) is 2.59. The number of halogens is 1. The van der Waals surface area contributed by atoms with Gasteiger partial charge in [-0.25, -0.2) is 4.39 Å². The Bertz CT molecular complexity index is 1260. The lowest BCUT2D eigenvalue weighted by Crippen LogP contribution is -2.20. The highest BCUT2D eigenvalue weighted by Gasteiger charge is 2.17. The van der Waals surface area contributed by atoms with E-state index in [1.165, 1.54) is 19.2 Å². The first-order chi connectivity index (χ1) is 15.5. The van der Waals surface area contributed by atoms with Crippen molar-refractivity contribution in [2.45, 2.75) is 26.8 Å². The zero-order chi connectivity index (χ0) is 22.7. The molecule has 1 amide bonds. The molecule has 0 bridgehead atoms. The first-order valence-corrected chi connectivity index (χ1v) is 10.2. The van der Waals surface area contributed by atoms with Gasteiger partial charge in [0, 0.05) is 17.4 Å². The quantitative estimate of drug-likeness (QED) is 0.449. The van der Waals surface area contributed by atoms with Crippen LogP contribution >= 0.6 is 0 Å². The van der Waals surface area contributed by atoms with Gasteiger partial charge in [-0.1, -0.05) is 30.3 Å². The van der Waals surface area contributed by atoms with Crippen molar-refractivity contribution in [3.8, 4) is 28.7 Å². The Hall–Kier alpha value is -3.94. The summed E-state index contributed by atoms with van der Waals surface area (Å²) in [6, 6.07) is 14.0. The van der Waals surface area contributed by atoms with E-state index in [1.54, 1.807) is 29.0 Å². The molecule has 4 rings (SSSR count). The number of anilines is 1. The van der Waals surface area contributed by atoms with E-state index in [2.05, 4.69) is 22.4 Å². The number of aryl methyl sites for hydroxylation is 2. The summed E-state index contributed by atoms with van der Waals surface area (Å²) >= 11 is 0. The average molecular weight is 434 g/mol. The third-order valence-electron chi connectivity index (χ3n) is 5.20. The molecule has 0 unspecified atom stereocenters. The molecular formula is C24H23FN4O3. The van der Waals surface area contributed by atoms with Crippen molar-refractivity contribution in [2.75, 3.05) is 12.4 Å². The lowest BCUT2D eigenvalue weighted by atomic mass is 10.1. The zero-order valence-electron chi connectivity index (χ0n) is 18.1. The van der Waals surface area contributed by atoms with E-state index in [1.807, 2.05) is 25.1 Å². The van der Waals surface area contributed by atoms with Gasteiger partial charge in [0.05, 0.1) is 7.11 Å². The molecule has 0 spiro atoms. The first-order valence-electron chi connectivity index (χ1n) is 10.2. The van der Waals surface area contributed by atoms with Gasteiger partial charge in [0.2, 0.25) is 11.7 Å². The summed E-state index contributed by atoms with van der Waals surface area (Å²) in [4.78, 5) is 17.1.